The third-order valence-electron chi connectivity index (χ3n) is 2.09. The van der Waals surface area contributed by atoms with Gasteiger partial charge in [0.15, 0.2) is 0 Å². The van der Waals surface area contributed by atoms with E-state index in [1.165, 1.54) is 6.33 Å². The van der Waals surface area contributed by atoms with Crippen LogP contribution in [-0.2, 0) is 6.54 Å². The monoisotopic (exact) mass is 230 g/mol. The lowest BCUT2D eigenvalue weighted by Crippen LogP contribution is -2.25. The molecule has 6 heteroatoms. The molecule has 2 N–H and O–H groups in total. The maximum atomic E-state index is 11.6. The summed E-state index contributed by atoms with van der Waals surface area (Å²) in [5, 5.41) is 2.65. The summed E-state index contributed by atoms with van der Waals surface area (Å²) in [4.78, 5) is 32.6. The molecule has 0 unspecified atom stereocenters. The van der Waals surface area contributed by atoms with Crippen LogP contribution in [0.25, 0.3) is 0 Å². The Morgan fingerprint density at radius 1 is 1.47 bits per heavy atom. The van der Waals surface area contributed by atoms with Gasteiger partial charge in [0.25, 0.3) is 11.5 Å². The third kappa shape index (κ3) is 2.97. The van der Waals surface area contributed by atoms with Crippen molar-refractivity contribution in [3.8, 4) is 0 Å². The fraction of sp³-hybridized carbons (Fsp3) is 0.0909. The second-order valence-corrected chi connectivity index (χ2v) is 3.34. The minimum atomic E-state index is -0.389. The van der Waals surface area contributed by atoms with Crippen LogP contribution >= 0.6 is 0 Å². The molecule has 0 aliphatic heterocycles. The molecule has 0 spiro atoms. The second kappa shape index (κ2) is 5.02. The van der Waals surface area contributed by atoms with E-state index in [1.54, 1.807) is 18.5 Å². The number of carbonyl (C=O) groups excluding carboxylic acids is 1. The Labute approximate surface area is 96.8 Å². The van der Waals surface area contributed by atoms with Gasteiger partial charge in [-0.15, -0.1) is 0 Å². The molecule has 0 saturated heterocycles. The van der Waals surface area contributed by atoms with E-state index in [0.717, 1.165) is 11.6 Å². The molecule has 2 rings (SSSR count). The SMILES string of the molecule is O=C(NCc1cccnc1)c1cc(=O)[nH]cn1. The number of hydrogen-bond acceptors (Lipinski definition) is 4. The van der Waals surface area contributed by atoms with Crippen molar-refractivity contribution in [2.24, 2.45) is 0 Å². The van der Waals surface area contributed by atoms with Gasteiger partial charge in [-0.05, 0) is 11.6 Å². The predicted octanol–water partition coefficient (Wildman–Crippen LogP) is 0.0949. The maximum Gasteiger partial charge on any atom is 0.270 e. The first-order valence-electron chi connectivity index (χ1n) is 4.97. The quantitative estimate of drug-likeness (QED) is 0.782. The average molecular weight is 230 g/mol. The van der Waals surface area contributed by atoms with Crippen molar-refractivity contribution in [2.45, 2.75) is 6.54 Å². The van der Waals surface area contributed by atoms with Gasteiger partial charge in [-0.1, -0.05) is 6.07 Å². The summed E-state index contributed by atoms with van der Waals surface area (Å²) < 4.78 is 0. The van der Waals surface area contributed by atoms with Gasteiger partial charge < -0.3 is 10.3 Å². The van der Waals surface area contributed by atoms with Gasteiger partial charge in [0.2, 0.25) is 0 Å². The first-order valence-corrected chi connectivity index (χ1v) is 4.97. The Kier molecular flexibility index (Phi) is 3.25. The molecule has 0 atom stereocenters. The van der Waals surface area contributed by atoms with Crippen LogP contribution < -0.4 is 10.9 Å². The minimum Gasteiger partial charge on any atom is -0.347 e. The van der Waals surface area contributed by atoms with Gasteiger partial charge in [-0.3, -0.25) is 14.6 Å². The Balaban J connectivity index is 2.01. The summed E-state index contributed by atoms with van der Waals surface area (Å²) in [5.41, 5.74) is 0.620. The highest BCUT2D eigenvalue weighted by Crippen LogP contribution is 1.95. The van der Waals surface area contributed by atoms with Crippen LogP contribution in [-0.4, -0.2) is 20.9 Å². The summed E-state index contributed by atoms with van der Waals surface area (Å²) in [6.07, 6.45) is 4.51. The highest BCUT2D eigenvalue weighted by molar-refractivity contribution is 5.91. The van der Waals surface area contributed by atoms with Crippen LogP contribution in [0.3, 0.4) is 0 Å². The van der Waals surface area contributed by atoms with E-state index in [9.17, 15) is 9.59 Å². The van der Waals surface area contributed by atoms with Crippen molar-refractivity contribution in [2.75, 3.05) is 0 Å². The predicted molar refractivity (Wildman–Crippen MR) is 60.3 cm³/mol. The molecule has 0 radical (unpaired) electrons. The zero-order chi connectivity index (χ0) is 12.1. The van der Waals surface area contributed by atoms with Gasteiger partial charge in [-0.2, -0.15) is 0 Å². The van der Waals surface area contributed by atoms with Crippen LogP contribution in [0.2, 0.25) is 0 Å². The molecule has 6 nitrogen and oxygen atoms in total. The van der Waals surface area contributed by atoms with Gasteiger partial charge in [-0.25, -0.2) is 4.98 Å². The van der Waals surface area contributed by atoms with Crippen molar-refractivity contribution in [1.82, 2.24) is 20.3 Å². The Morgan fingerprint density at radius 3 is 3.06 bits per heavy atom. The summed E-state index contributed by atoms with van der Waals surface area (Å²) >= 11 is 0. The molecule has 0 aliphatic carbocycles. The number of nitrogens with zero attached hydrogens (tertiary/aromatic N) is 2. The molecular weight excluding hydrogens is 220 g/mol. The van der Waals surface area contributed by atoms with Crippen LogP contribution in [0, 0.1) is 0 Å². The van der Waals surface area contributed by atoms with Crippen molar-refractivity contribution in [1.29, 1.82) is 0 Å². The first kappa shape index (κ1) is 11.0. The lowest BCUT2D eigenvalue weighted by molar-refractivity contribution is 0.0945. The van der Waals surface area contributed by atoms with E-state index < -0.39 is 0 Å². The standard InChI is InChI=1S/C11H10N4O2/c16-10-4-9(14-7-15-10)11(17)13-6-8-2-1-3-12-5-8/h1-5,7H,6H2,(H,13,17)(H,14,15,16). The number of nitrogens with one attached hydrogen (secondary N) is 2. The highest BCUT2D eigenvalue weighted by atomic mass is 16.2. The number of pyridine rings is 1. The number of amides is 1. The number of aromatic amines is 1. The molecular formula is C11H10N4O2. The number of aromatic nitrogens is 3. The van der Waals surface area contributed by atoms with Gasteiger partial charge >= 0.3 is 0 Å². The molecule has 2 heterocycles. The second-order valence-electron chi connectivity index (χ2n) is 3.34. The molecule has 0 saturated carbocycles. The lowest BCUT2D eigenvalue weighted by atomic mass is 10.3. The summed E-state index contributed by atoms with van der Waals surface area (Å²) in [6.45, 7) is 0.348. The molecule has 0 fully saturated rings. The Bertz CT molecular complexity index is 565. The zero-order valence-corrected chi connectivity index (χ0v) is 8.88. The average Bonchev–Trinajstić information content (AvgIpc) is 2.37. The van der Waals surface area contributed by atoms with E-state index in [4.69, 9.17) is 0 Å². The molecule has 1 amide bonds. The van der Waals surface area contributed by atoms with E-state index in [0.29, 0.717) is 6.54 Å². The van der Waals surface area contributed by atoms with Crippen molar-refractivity contribution in [3.63, 3.8) is 0 Å². The summed E-state index contributed by atoms with van der Waals surface area (Å²) in [6, 6.07) is 4.78. The van der Waals surface area contributed by atoms with Crippen molar-refractivity contribution >= 4 is 5.91 Å². The largest absolute Gasteiger partial charge is 0.347 e. The van der Waals surface area contributed by atoms with Gasteiger partial charge in [0.05, 0.1) is 6.33 Å². The fourth-order valence-electron chi connectivity index (χ4n) is 1.27. The smallest absolute Gasteiger partial charge is 0.270 e. The van der Waals surface area contributed by atoms with E-state index in [1.807, 2.05) is 6.07 Å². The number of H-pyrrole nitrogens is 1. The molecule has 0 bridgehead atoms. The van der Waals surface area contributed by atoms with Crippen LogP contribution in [0.5, 0.6) is 0 Å². The minimum absolute atomic E-state index is 0.0950. The Morgan fingerprint density at radius 2 is 2.35 bits per heavy atom. The molecule has 0 aliphatic rings. The van der Waals surface area contributed by atoms with Gasteiger partial charge in [0.1, 0.15) is 5.69 Å². The normalized spacial score (nSPS) is 9.88. The Hall–Kier alpha value is -2.50. The van der Waals surface area contributed by atoms with Gasteiger partial charge in [0, 0.05) is 25.0 Å². The van der Waals surface area contributed by atoms with Crippen LogP contribution in [0.15, 0.2) is 41.7 Å². The molecule has 17 heavy (non-hydrogen) atoms. The molecule has 2 aromatic rings. The van der Waals surface area contributed by atoms with Crippen LogP contribution in [0.1, 0.15) is 16.1 Å². The van der Waals surface area contributed by atoms with E-state index >= 15 is 0 Å². The number of rotatable bonds is 3. The van der Waals surface area contributed by atoms with Crippen molar-refractivity contribution < 1.29 is 4.79 Å². The zero-order valence-electron chi connectivity index (χ0n) is 8.88. The lowest BCUT2D eigenvalue weighted by Gasteiger charge is -2.03. The first-order chi connectivity index (χ1) is 8.25. The third-order valence-corrected chi connectivity index (χ3v) is 2.09. The summed E-state index contributed by atoms with van der Waals surface area (Å²) in [5.74, 6) is -0.389. The number of carbonyl (C=O) groups is 1. The topological polar surface area (TPSA) is 87.7 Å². The van der Waals surface area contributed by atoms with E-state index in [2.05, 4.69) is 20.3 Å². The van der Waals surface area contributed by atoms with Crippen LogP contribution in [0.4, 0.5) is 0 Å². The number of hydrogen-bond donors (Lipinski definition) is 2. The molecule has 86 valence electrons. The van der Waals surface area contributed by atoms with Crippen molar-refractivity contribution in [3.05, 3.63) is 58.5 Å². The van der Waals surface area contributed by atoms with E-state index in [-0.39, 0.29) is 17.2 Å². The summed E-state index contributed by atoms with van der Waals surface area (Å²) in [7, 11) is 0. The fourth-order valence-corrected chi connectivity index (χ4v) is 1.27. The highest BCUT2D eigenvalue weighted by Gasteiger charge is 2.06. The maximum absolute atomic E-state index is 11.6. The molecule has 0 aromatic carbocycles. The molecule has 2 aromatic heterocycles.